The number of carbonyl (C=O) groups is 1. The fourth-order valence-electron chi connectivity index (χ4n) is 4.19. The molecule has 32 heavy (non-hydrogen) atoms. The SMILES string of the molecule is CC(=Cc1ccccc1)C(=O)NC1CCC(Nc2nc(N(C)C)c3ccccc3n2)CC1. The van der Waals surface area contributed by atoms with E-state index in [0.717, 1.165) is 53.5 Å². The Morgan fingerprint density at radius 3 is 2.31 bits per heavy atom. The maximum absolute atomic E-state index is 12.6. The molecule has 0 unspecified atom stereocenters. The molecule has 4 rings (SSSR count). The summed E-state index contributed by atoms with van der Waals surface area (Å²) in [5, 5.41) is 7.77. The van der Waals surface area contributed by atoms with Crippen LogP contribution in [0.4, 0.5) is 11.8 Å². The summed E-state index contributed by atoms with van der Waals surface area (Å²) in [6.45, 7) is 1.87. The van der Waals surface area contributed by atoms with Crippen molar-refractivity contribution in [2.45, 2.75) is 44.7 Å². The zero-order chi connectivity index (χ0) is 22.5. The van der Waals surface area contributed by atoms with Crippen LogP contribution in [-0.2, 0) is 4.79 Å². The number of nitrogens with zero attached hydrogens (tertiary/aromatic N) is 3. The van der Waals surface area contributed by atoms with Crippen molar-refractivity contribution in [1.82, 2.24) is 15.3 Å². The van der Waals surface area contributed by atoms with E-state index in [1.165, 1.54) is 0 Å². The Hall–Kier alpha value is -3.41. The second-order valence-corrected chi connectivity index (χ2v) is 8.69. The highest BCUT2D eigenvalue weighted by Gasteiger charge is 2.23. The Kier molecular flexibility index (Phi) is 6.69. The number of hydrogen-bond acceptors (Lipinski definition) is 5. The number of aromatic nitrogens is 2. The molecule has 1 aromatic heterocycles. The van der Waals surface area contributed by atoms with E-state index in [9.17, 15) is 4.79 Å². The zero-order valence-electron chi connectivity index (χ0n) is 19.0. The predicted molar refractivity (Wildman–Crippen MR) is 132 cm³/mol. The summed E-state index contributed by atoms with van der Waals surface area (Å²) < 4.78 is 0. The van der Waals surface area contributed by atoms with Gasteiger partial charge in [0.25, 0.3) is 0 Å². The lowest BCUT2D eigenvalue weighted by atomic mass is 9.91. The van der Waals surface area contributed by atoms with Crippen LogP contribution in [0.2, 0.25) is 0 Å². The summed E-state index contributed by atoms with van der Waals surface area (Å²) in [4.78, 5) is 24.1. The van der Waals surface area contributed by atoms with E-state index in [1.54, 1.807) is 0 Å². The van der Waals surface area contributed by atoms with Crippen molar-refractivity contribution in [2.24, 2.45) is 0 Å². The lowest BCUT2D eigenvalue weighted by Gasteiger charge is -2.30. The highest BCUT2D eigenvalue weighted by Crippen LogP contribution is 2.26. The monoisotopic (exact) mass is 429 g/mol. The molecule has 0 radical (unpaired) electrons. The van der Waals surface area contributed by atoms with Crippen LogP contribution < -0.4 is 15.5 Å². The van der Waals surface area contributed by atoms with Crippen molar-refractivity contribution in [1.29, 1.82) is 0 Å². The third kappa shape index (κ3) is 5.25. The Morgan fingerprint density at radius 2 is 1.59 bits per heavy atom. The molecule has 1 aliphatic rings. The first-order chi connectivity index (χ1) is 15.5. The number of para-hydroxylation sites is 1. The largest absolute Gasteiger partial charge is 0.362 e. The van der Waals surface area contributed by atoms with Gasteiger partial charge in [-0.15, -0.1) is 0 Å². The van der Waals surface area contributed by atoms with E-state index in [1.807, 2.05) is 80.5 Å². The van der Waals surface area contributed by atoms with Gasteiger partial charge in [-0.1, -0.05) is 42.5 Å². The van der Waals surface area contributed by atoms with Crippen molar-refractivity contribution in [3.05, 3.63) is 65.7 Å². The third-order valence-corrected chi connectivity index (χ3v) is 5.94. The topological polar surface area (TPSA) is 70.2 Å². The van der Waals surface area contributed by atoms with E-state index in [0.29, 0.717) is 12.0 Å². The minimum absolute atomic E-state index is 0.0127. The van der Waals surface area contributed by atoms with Crippen molar-refractivity contribution < 1.29 is 4.79 Å². The summed E-state index contributed by atoms with van der Waals surface area (Å²) in [6.07, 6.45) is 5.76. The number of carbonyl (C=O) groups excluding carboxylic acids is 1. The smallest absolute Gasteiger partial charge is 0.247 e. The van der Waals surface area contributed by atoms with Gasteiger partial charge in [0.2, 0.25) is 11.9 Å². The molecule has 0 spiro atoms. The number of anilines is 2. The highest BCUT2D eigenvalue weighted by atomic mass is 16.1. The number of benzene rings is 2. The average Bonchev–Trinajstić information content (AvgIpc) is 2.80. The molecule has 2 N–H and O–H groups in total. The van der Waals surface area contributed by atoms with Crippen molar-refractivity contribution in [3.63, 3.8) is 0 Å². The van der Waals surface area contributed by atoms with Gasteiger partial charge in [0.1, 0.15) is 5.82 Å². The van der Waals surface area contributed by atoms with Crippen molar-refractivity contribution in [2.75, 3.05) is 24.3 Å². The van der Waals surface area contributed by atoms with Crippen LogP contribution in [0.3, 0.4) is 0 Å². The summed E-state index contributed by atoms with van der Waals surface area (Å²) in [6, 6.07) is 18.5. The van der Waals surface area contributed by atoms with Gasteiger partial charge in [0, 0.05) is 37.1 Å². The van der Waals surface area contributed by atoms with E-state index >= 15 is 0 Å². The molecule has 0 saturated heterocycles. The van der Waals surface area contributed by atoms with Gasteiger partial charge in [-0.05, 0) is 56.4 Å². The van der Waals surface area contributed by atoms with Crippen LogP contribution in [-0.4, -0.2) is 42.1 Å². The first kappa shape index (κ1) is 21.8. The molecular formula is C26H31N5O. The average molecular weight is 430 g/mol. The molecule has 0 bridgehead atoms. The van der Waals surface area contributed by atoms with Gasteiger partial charge < -0.3 is 15.5 Å². The van der Waals surface area contributed by atoms with Crippen LogP contribution in [0.25, 0.3) is 17.0 Å². The Bertz CT molecular complexity index is 1100. The minimum atomic E-state index is 0.0127. The van der Waals surface area contributed by atoms with Gasteiger partial charge in [0.15, 0.2) is 0 Å². The van der Waals surface area contributed by atoms with Crippen molar-refractivity contribution in [3.8, 4) is 0 Å². The maximum atomic E-state index is 12.6. The third-order valence-electron chi connectivity index (χ3n) is 5.94. The predicted octanol–water partition coefficient (Wildman–Crippen LogP) is 4.64. The Balaban J connectivity index is 1.34. The Labute approximate surface area is 189 Å². The Morgan fingerprint density at radius 1 is 0.938 bits per heavy atom. The first-order valence-electron chi connectivity index (χ1n) is 11.2. The van der Waals surface area contributed by atoms with E-state index in [-0.39, 0.29) is 11.9 Å². The van der Waals surface area contributed by atoms with Crippen LogP contribution in [0.5, 0.6) is 0 Å². The molecule has 1 heterocycles. The molecule has 1 aliphatic carbocycles. The van der Waals surface area contributed by atoms with E-state index < -0.39 is 0 Å². The van der Waals surface area contributed by atoms with E-state index in [4.69, 9.17) is 9.97 Å². The van der Waals surface area contributed by atoms with Gasteiger partial charge in [-0.2, -0.15) is 4.98 Å². The molecule has 0 aliphatic heterocycles. The number of amides is 1. The number of fused-ring (bicyclic) bond motifs is 1. The standard InChI is InChI=1S/C26H31N5O/c1-18(17-19-9-5-4-6-10-19)25(32)27-20-13-15-21(16-14-20)28-26-29-23-12-8-7-11-22(23)24(30-26)31(2)3/h4-12,17,20-21H,13-16H2,1-3H3,(H,27,32)(H,28,29,30). The van der Waals surface area contributed by atoms with Gasteiger partial charge in [0.05, 0.1) is 5.52 Å². The van der Waals surface area contributed by atoms with Crippen LogP contribution in [0, 0.1) is 0 Å². The molecular weight excluding hydrogens is 398 g/mol. The van der Waals surface area contributed by atoms with Gasteiger partial charge in [-0.25, -0.2) is 4.98 Å². The zero-order valence-corrected chi connectivity index (χ0v) is 19.0. The van der Waals surface area contributed by atoms with Crippen molar-refractivity contribution >= 4 is 34.7 Å². The molecule has 6 nitrogen and oxygen atoms in total. The fourth-order valence-corrected chi connectivity index (χ4v) is 4.19. The number of rotatable bonds is 6. The highest BCUT2D eigenvalue weighted by molar-refractivity contribution is 5.97. The minimum Gasteiger partial charge on any atom is -0.362 e. The van der Waals surface area contributed by atoms with Gasteiger partial charge in [-0.3, -0.25) is 4.79 Å². The summed E-state index contributed by atoms with van der Waals surface area (Å²) in [7, 11) is 4.00. The summed E-state index contributed by atoms with van der Waals surface area (Å²) in [5.41, 5.74) is 2.72. The second-order valence-electron chi connectivity index (χ2n) is 8.69. The molecule has 1 amide bonds. The molecule has 1 fully saturated rings. The van der Waals surface area contributed by atoms with Gasteiger partial charge >= 0.3 is 0 Å². The maximum Gasteiger partial charge on any atom is 0.247 e. The molecule has 3 aromatic rings. The van der Waals surface area contributed by atoms with Crippen LogP contribution >= 0.6 is 0 Å². The normalized spacial score (nSPS) is 18.9. The summed E-state index contributed by atoms with van der Waals surface area (Å²) >= 11 is 0. The molecule has 166 valence electrons. The molecule has 1 saturated carbocycles. The van der Waals surface area contributed by atoms with Crippen LogP contribution in [0.1, 0.15) is 38.2 Å². The first-order valence-corrected chi connectivity index (χ1v) is 11.2. The fraction of sp³-hybridized carbons (Fsp3) is 0.346. The second kappa shape index (κ2) is 9.81. The molecule has 2 aromatic carbocycles. The summed E-state index contributed by atoms with van der Waals surface area (Å²) in [5.74, 6) is 1.60. The molecule has 0 atom stereocenters. The molecule has 6 heteroatoms. The number of nitrogens with one attached hydrogen (secondary N) is 2. The lowest BCUT2D eigenvalue weighted by molar-refractivity contribution is -0.118. The van der Waals surface area contributed by atoms with E-state index in [2.05, 4.69) is 16.7 Å². The number of hydrogen-bond donors (Lipinski definition) is 2. The van der Waals surface area contributed by atoms with Crippen LogP contribution in [0.15, 0.2) is 60.2 Å². The lowest BCUT2D eigenvalue weighted by Crippen LogP contribution is -2.40. The quantitative estimate of drug-likeness (QED) is 0.559.